The Morgan fingerprint density at radius 1 is 1.15 bits per heavy atom. The highest BCUT2D eigenvalue weighted by atomic mass is 35.5. The summed E-state index contributed by atoms with van der Waals surface area (Å²) >= 11 is 0. The average molecular weight is 397 g/mol. The number of anilines is 1. The quantitative estimate of drug-likeness (QED) is 0.832. The summed E-state index contributed by atoms with van der Waals surface area (Å²) in [4.78, 5) is 19.0. The van der Waals surface area contributed by atoms with Crippen LogP contribution in [0.3, 0.4) is 0 Å². The second-order valence-corrected chi connectivity index (χ2v) is 6.35. The Balaban J connectivity index is 0.00000169. The Morgan fingerprint density at radius 2 is 1.81 bits per heavy atom. The summed E-state index contributed by atoms with van der Waals surface area (Å²) in [7, 11) is 0. The number of nitrogens with zero attached hydrogens (tertiary/aromatic N) is 2. The Kier molecular flexibility index (Phi) is 8.85. The number of amides is 1. The predicted octanol–water partition coefficient (Wildman–Crippen LogP) is 3.02. The lowest BCUT2D eigenvalue weighted by Gasteiger charge is -2.33. The van der Waals surface area contributed by atoms with Gasteiger partial charge in [-0.3, -0.25) is 4.79 Å². The number of pyridine rings is 1. The number of benzene rings is 1. The number of piperidine rings is 1. The van der Waals surface area contributed by atoms with Crippen LogP contribution in [0.4, 0.5) is 5.82 Å². The molecule has 1 aromatic heterocycles. The van der Waals surface area contributed by atoms with Crippen LogP contribution in [0.2, 0.25) is 0 Å². The third kappa shape index (κ3) is 5.59. The number of hydrogen-bond acceptors (Lipinski definition) is 4. The Morgan fingerprint density at radius 3 is 2.38 bits per heavy atom. The highest BCUT2D eigenvalue weighted by molar-refractivity contribution is 5.85. The van der Waals surface area contributed by atoms with Crippen molar-refractivity contribution in [2.24, 2.45) is 5.73 Å². The summed E-state index contributed by atoms with van der Waals surface area (Å²) < 4.78 is 0. The molecule has 0 spiro atoms. The highest BCUT2D eigenvalue weighted by Gasteiger charge is 2.24. The molecule has 0 saturated carbocycles. The summed E-state index contributed by atoms with van der Waals surface area (Å²) in [6.07, 6.45) is 3.62. The van der Waals surface area contributed by atoms with Crippen molar-refractivity contribution in [2.75, 3.05) is 18.0 Å². The van der Waals surface area contributed by atoms with Crippen molar-refractivity contribution in [2.45, 2.75) is 31.8 Å². The van der Waals surface area contributed by atoms with E-state index >= 15 is 0 Å². The van der Waals surface area contributed by atoms with E-state index in [2.05, 4.69) is 15.2 Å². The van der Waals surface area contributed by atoms with E-state index in [1.165, 1.54) is 0 Å². The summed E-state index contributed by atoms with van der Waals surface area (Å²) in [5.74, 6) is 0.897. The molecule has 1 fully saturated rings. The van der Waals surface area contributed by atoms with Crippen LogP contribution in [0, 0.1) is 6.92 Å². The summed E-state index contributed by atoms with van der Waals surface area (Å²) in [5.41, 5.74) is 8.10. The van der Waals surface area contributed by atoms with E-state index < -0.39 is 6.04 Å². The van der Waals surface area contributed by atoms with Crippen molar-refractivity contribution in [1.82, 2.24) is 10.3 Å². The lowest BCUT2D eigenvalue weighted by atomic mass is 10.0. The van der Waals surface area contributed by atoms with E-state index in [0.717, 1.165) is 42.9 Å². The van der Waals surface area contributed by atoms with E-state index in [-0.39, 0.29) is 36.8 Å². The van der Waals surface area contributed by atoms with Gasteiger partial charge in [0.25, 0.3) is 0 Å². The van der Waals surface area contributed by atoms with Gasteiger partial charge in [0, 0.05) is 25.3 Å². The molecule has 1 aliphatic rings. The van der Waals surface area contributed by atoms with Gasteiger partial charge in [-0.2, -0.15) is 0 Å². The zero-order valence-electron chi connectivity index (χ0n) is 14.8. The zero-order chi connectivity index (χ0) is 16.9. The normalized spacial score (nSPS) is 15.4. The largest absolute Gasteiger partial charge is 0.356 e. The lowest BCUT2D eigenvalue weighted by Crippen LogP contribution is -2.47. The molecule has 5 nitrogen and oxygen atoms in total. The molecule has 0 aliphatic carbocycles. The molecule has 3 N–H and O–H groups in total. The number of rotatable bonds is 4. The minimum Gasteiger partial charge on any atom is -0.356 e. The maximum absolute atomic E-state index is 12.4. The molecular weight excluding hydrogens is 371 g/mol. The number of aryl methyl sites for hydroxylation is 1. The molecule has 7 heteroatoms. The number of nitrogens with two attached hydrogens (primary N) is 1. The van der Waals surface area contributed by atoms with Gasteiger partial charge >= 0.3 is 0 Å². The molecule has 142 valence electrons. The Hall–Kier alpha value is -1.82. The monoisotopic (exact) mass is 396 g/mol. The van der Waals surface area contributed by atoms with E-state index in [1.807, 2.05) is 55.6 Å². The van der Waals surface area contributed by atoms with Crippen LogP contribution < -0.4 is 16.0 Å². The molecule has 1 saturated heterocycles. The highest BCUT2D eigenvalue weighted by Crippen LogP contribution is 2.18. The minimum absolute atomic E-state index is 0. The molecule has 1 amide bonds. The van der Waals surface area contributed by atoms with Gasteiger partial charge in [0.1, 0.15) is 11.9 Å². The molecule has 0 radical (unpaired) electrons. The van der Waals surface area contributed by atoms with Crippen LogP contribution in [0.5, 0.6) is 0 Å². The van der Waals surface area contributed by atoms with Crippen LogP contribution in [0.1, 0.15) is 30.0 Å². The first-order valence-corrected chi connectivity index (χ1v) is 8.42. The Labute approximate surface area is 167 Å². The number of carbonyl (C=O) groups excluding carboxylic acids is 1. The Bertz CT molecular complexity index is 674. The van der Waals surface area contributed by atoms with E-state index in [0.29, 0.717) is 0 Å². The molecule has 1 atom stereocenters. The number of halogens is 2. The fourth-order valence-corrected chi connectivity index (χ4v) is 3.01. The maximum Gasteiger partial charge on any atom is 0.241 e. The summed E-state index contributed by atoms with van der Waals surface area (Å²) in [6.45, 7) is 3.80. The first-order valence-electron chi connectivity index (χ1n) is 8.42. The van der Waals surface area contributed by atoms with Gasteiger partial charge in [0.15, 0.2) is 0 Å². The van der Waals surface area contributed by atoms with Crippen molar-refractivity contribution >= 4 is 36.5 Å². The molecule has 1 unspecified atom stereocenters. The van der Waals surface area contributed by atoms with E-state index in [1.54, 1.807) is 0 Å². The van der Waals surface area contributed by atoms with Crippen molar-refractivity contribution in [3.8, 4) is 0 Å². The van der Waals surface area contributed by atoms with Crippen LogP contribution in [0.15, 0.2) is 48.7 Å². The van der Waals surface area contributed by atoms with Crippen LogP contribution in [-0.2, 0) is 4.79 Å². The van der Waals surface area contributed by atoms with Gasteiger partial charge in [0.2, 0.25) is 5.91 Å². The van der Waals surface area contributed by atoms with Gasteiger partial charge in [-0.05, 0) is 37.5 Å². The smallest absolute Gasteiger partial charge is 0.241 e. The fraction of sp³-hybridized carbons (Fsp3) is 0.368. The van der Waals surface area contributed by atoms with Gasteiger partial charge in [-0.1, -0.05) is 35.9 Å². The number of carbonyl (C=O) groups is 1. The standard InChI is InChI=1S/C19H24N4O.2ClH/c1-14-5-7-15(8-6-14)18(20)19(24)22-16-9-12-23(13-10-16)17-4-2-3-11-21-17;;/h2-8,11,16,18H,9-10,12-13,20H2,1H3,(H,22,24);2*1H. The minimum atomic E-state index is -0.612. The average Bonchev–Trinajstić information content (AvgIpc) is 2.63. The molecule has 26 heavy (non-hydrogen) atoms. The van der Waals surface area contributed by atoms with Crippen molar-refractivity contribution in [3.05, 3.63) is 59.8 Å². The SMILES string of the molecule is Cc1ccc(C(N)C(=O)NC2CCN(c3ccccn3)CC2)cc1.Cl.Cl. The summed E-state index contributed by atoms with van der Waals surface area (Å²) in [5, 5.41) is 3.09. The topological polar surface area (TPSA) is 71.2 Å². The second-order valence-electron chi connectivity index (χ2n) is 6.35. The maximum atomic E-state index is 12.4. The first kappa shape index (κ1) is 22.2. The molecule has 3 rings (SSSR count). The molecule has 2 heterocycles. The molecule has 1 aliphatic heterocycles. The molecule has 0 bridgehead atoms. The second kappa shape index (κ2) is 10.4. The zero-order valence-corrected chi connectivity index (χ0v) is 16.4. The van der Waals surface area contributed by atoms with Crippen molar-refractivity contribution < 1.29 is 4.79 Å². The van der Waals surface area contributed by atoms with Crippen LogP contribution in [0.25, 0.3) is 0 Å². The molecular formula is C19H26Cl2N4O. The van der Waals surface area contributed by atoms with Gasteiger partial charge in [-0.25, -0.2) is 4.98 Å². The van der Waals surface area contributed by atoms with Gasteiger partial charge in [-0.15, -0.1) is 24.8 Å². The molecule has 1 aromatic carbocycles. The number of aromatic nitrogens is 1. The summed E-state index contributed by atoms with van der Waals surface area (Å²) in [6, 6.07) is 13.3. The third-order valence-corrected chi connectivity index (χ3v) is 4.53. The number of hydrogen-bond donors (Lipinski definition) is 2. The van der Waals surface area contributed by atoms with Crippen molar-refractivity contribution in [1.29, 1.82) is 0 Å². The van der Waals surface area contributed by atoms with Crippen LogP contribution >= 0.6 is 24.8 Å². The predicted molar refractivity (Wildman–Crippen MR) is 110 cm³/mol. The number of nitrogens with one attached hydrogen (secondary N) is 1. The van der Waals surface area contributed by atoms with E-state index in [9.17, 15) is 4.79 Å². The molecule has 2 aromatic rings. The van der Waals surface area contributed by atoms with Gasteiger partial charge in [0.05, 0.1) is 0 Å². The first-order chi connectivity index (χ1) is 11.6. The third-order valence-electron chi connectivity index (χ3n) is 4.53. The van der Waals surface area contributed by atoms with Crippen molar-refractivity contribution in [3.63, 3.8) is 0 Å². The lowest BCUT2D eigenvalue weighted by molar-refractivity contribution is -0.123. The van der Waals surface area contributed by atoms with E-state index in [4.69, 9.17) is 5.73 Å². The van der Waals surface area contributed by atoms with Gasteiger partial charge < -0.3 is 16.0 Å². The fourth-order valence-electron chi connectivity index (χ4n) is 3.01. The van der Waals surface area contributed by atoms with Crippen LogP contribution in [-0.4, -0.2) is 30.0 Å².